The van der Waals surface area contributed by atoms with Gasteiger partial charge in [0, 0.05) is 12.2 Å². The van der Waals surface area contributed by atoms with Gasteiger partial charge < -0.3 is 5.32 Å². The minimum Gasteiger partial charge on any atom is -0.381 e. The molecule has 0 spiro atoms. The van der Waals surface area contributed by atoms with Gasteiger partial charge in [-0.3, -0.25) is 4.98 Å². The van der Waals surface area contributed by atoms with E-state index in [1.165, 1.54) is 12.0 Å². The first-order valence-corrected chi connectivity index (χ1v) is 5.26. The van der Waals surface area contributed by atoms with E-state index in [0.29, 0.717) is 6.04 Å². The Balaban J connectivity index is 2.56. The molecule has 1 rings (SSSR count). The van der Waals surface area contributed by atoms with E-state index in [1.54, 1.807) is 0 Å². The third-order valence-corrected chi connectivity index (χ3v) is 2.27. The highest BCUT2D eigenvalue weighted by Crippen LogP contribution is 2.15. The maximum absolute atomic E-state index is 4.12. The van der Waals surface area contributed by atoms with Gasteiger partial charge in [-0.15, -0.1) is 0 Å². The molecule has 0 fully saturated rings. The number of rotatable bonds is 4. The largest absolute Gasteiger partial charge is 0.381 e. The minimum atomic E-state index is 0.512. The second kappa shape index (κ2) is 4.99. The molecule has 1 aromatic heterocycles. The van der Waals surface area contributed by atoms with Gasteiger partial charge in [-0.05, 0) is 37.8 Å². The van der Waals surface area contributed by atoms with Gasteiger partial charge in [-0.25, -0.2) is 0 Å². The van der Waals surface area contributed by atoms with Gasteiger partial charge in [0.1, 0.15) is 0 Å². The van der Waals surface area contributed by atoms with Crippen LogP contribution in [0.3, 0.4) is 0 Å². The fourth-order valence-electron chi connectivity index (χ4n) is 1.65. The molecule has 0 amide bonds. The fourth-order valence-corrected chi connectivity index (χ4v) is 1.65. The third-order valence-electron chi connectivity index (χ3n) is 2.27. The zero-order valence-corrected chi connectivity index (χ0v) is 9.54. The van der Waals surface area contributed by atoms with Gasteiger partial charge >= 0.3 is 0 Å². The number of nitrogens with one attached hydrogen (secondary N) is 1. The van der Waals surface area contributed by atoms with Crippen LogP contribution in [0.1, 0.15) is 32.8 Å². The van der Waals surface area contributed by atoms with Crippen LogP contribution in [0.5, 0.6) is 0 Å². The summed E-state index contributed by atoms with van der Waals surface area (Å²) in [5.74, 6) is 0.731. The maximum Gasteiger partial charge on any atom is 0.0558 e. The van der Waals surface area contributed by atoms with Crippen LogP contribution in [0, 0.1) is 12.8 Å². The third kappa shape index (κ3) is 3.36. The highest BCUT2D eigenvalue weighted by molar-refractivity contribution is 5.48. The van der Waals surface area contributed by atoms with Crippen molar-refractivity contribution in [1.82, 2.24) is 4.98 Å². The van der Waals surface area contributed by atoms with Crippen LogP contribution in [-0.4, -0.2) is 11.0 Å². The number of anilines is 1. The van der Waals surface area contributed by atoms with E-state index in [-0.39, 0.29) is 0 Å². The summed E-state index contributed by atoms with van der Waals surface area (Å²) in [6, 6.07) is 2.54. The molecule has 14 heavy (non-hydrogen) atoms. The summed E-state index contributed by atoms with van der Waals surface area (Å²) in [7, 11) is 0. The van der Waals surface area contributed by atoms with Crippen molar-refractivity contribution in [3.8, 4) is 0 Å². The molecule has 0 aliphatic heterocycles. The first kappa shape index (κ1) is 11.0. The van der Waals surface area contributed by atoms with E-state index in [4.69, 9.17) is 0 Å². The van der Waals surface area contributed by atoms with E-state index in [1.807, 2.05) is 18.5 Å². The molecule has 0 radical (unpaired) electrons. The number of aryl methyl sites for hydroxylation is 1. The normalized spacial score (nSPS) is 12.9. The summed E-state index contributed by atoms with van der Waals surface area (Å²) in [6.07, 6.45) is 4.91. The summed E-state index contributed by atoms with van der Waals surface area (Å²) in [6.45, 7) is 8.81. The van der Waals surface area contributed by atoms with E-state index in [2.05, 4.69) is 38.0 Å². The van der Waals surface area contributed by atoms with E-state index in [0.717, 1.165) is 11.6 Å². The molecule has 2 heteroatoms. The Morgan fingerprint density at radius 1 is 1.36 bits per heavy atom. The van der Waals surface area contributed by atoms with Crippen LogP contribution in [0.15, 0.2) is 18.5 Å². The van der Waals surface area contributed by atoms with Gasteiger partial charge in [0.25, 0.3) is 0 Å². The number of aromatic nitrogens is 1. The van der Waals surface area contributed by atoms with Crippen molar-refractivity contribution in [3.05, 3.63) is 24.0 Å². The van der Waals surface area contributed by atoms with Gasteiger partial charge in [0.15, 0.2) is 0 Å². The van der Waals surface area contributed by atoms with Crippen LogP contribution in [0.4, 0.5) is 5.69 Å². The topological polar surface area (TPSA) is 24.9 Å². The molecular formula is C12H20N2. The quantitative estimate of drug-likeness (QED) is 0.792. The Labute approximate surface area is 86.8 Å². The summed E-state index contributed by atoms with van der Waals surface area (Å²) >= 11 is 0. The summed E-state index contributed by atoms with van der Waals surface area (Å²) in [5, 5.41) is 3.48. The molecule has 2 nitrogen and oxygen atoms in total. The lowest BCUT2D eigenvalue weighted by molar-refractivity contribution is 0.539. The van der Waals surface area contributed by atoms with Crippen LogP contribution in [-0.2, 0) is 0 Å². The highest BCUT2D eigenvalue weighted by Gasteiger charge is 2.05. The zero-order valence-electron chi connectivity index (χ0n) is 9.54. The summed E-state index contributed by atoms with van der Waals surface area (Å²) in [4.78, 5) is 4.12. The Morgan fingerprint density at radius 2 is 2.07 bits per heavy atom. The van der Waals surface area contributed by atoms with Crippen LogP contribution in [0.25, 0.3) is 0 Å². The van der Waals surface area contributed by atoms with Crippen molar-refractivity contribution in [1.29, 1.82) is 0 Å². The Hall–Kier alpha value is -1.05. The highest BCUT2D eigenvalue weighted by atomic mass is 14.9. The molecule has 78 valence electrons. The number of pyridine rings is 1. The van der Waals surface area contributed by atoms with Crippen LogP contribution < -0.4 is 5.32 Å². The van der Waals surface area contributed by atoms with Crippen molar-refractivity contribution in [2.45, 2.75) is 40.2 Å². The maximum atomic E-state index is 4.12. The van der Waals surface area contributed by atoms with E-state index in [9.17, 15) is 0 Å². The van der Waals surface area contributed by atoms with Gasteiger partial charge in [0.2, 0.25) is 0 Å². The van der Waals surface area contributed by atoms with Gasteiger partial charge in [-0.2, -0.15) is 0 Å². The first-order chi connectivity index (χ1) is 6.59. The average molecular weight is 192 g/mol. The van der Waals surface area contributed by atoms with Crippen LogP contribution in [0.2, 0.25) is 0 Å². The zero-order chi connectivity index (χ0) is 10.6. The monoisotopic (exact) mass is 192 g/mol. The van der Waals surface area contributed by atoms with Crippen molar-refractivity contribution in [2.24, 2.45) is 5.92 Å². The molecule has 0 aliphatic rings. The van der Waals surface area contributed by atoms with E-state index >= 15 is 0 Å². The minimum absolute atomic E-state index is 0.512. The van der Waals surface area contributed by atoms with Crippen LogP contribution >= 0.6 is 0 Å². The molecular weight excluding hydrogens is 172 g/mol. The molecule has 1 N–H and O–H groups in total. The Kier molecular flexibility index (Phi) is 3.93. The summed E-state index contributed by atoms with van der Waals surface area (Å²) in [5.41, 5.74) is 2.41. The fraction of sp³-hybridized carbons (Fsp3) is 0.583. The van der Waals surface area contributed by atoms with E-state index < -0.39 is 0 Å². The van der Waals surface area contributed by atoms with Crippen molar-refractivity contribution in [2.75, 3.05) is 5.32 Å². The van der Waals surface area contributed by atoms with Crippen molar-refractivity contribution in [3.63, 3.8) is 0 Å². The Morgan fingerprint density at radius 3 is 2.64 bits per heavy atom. The molecule has 1 atom stereocenters. The lowest BCUT2D eigenvalue weighted by Gasteiger charge is -2.18. The molecule has 0 unspecified atom stereocenters. The standard InChI is InChI=1S/C12H20N2/c1-9(2)7-11(4)14-12-8-13-6-5-10(12)3/h5-6,8-9,11,14H,7H2,1-4H3/t11-/m1/s1. The Bertz CT molecular complexity index is 281. The van der Waals surface area contributed by atoms with Gasteiger partial charge in [0.05, 0.1) is 11.9 Å². The second-order valence-corrected chi connectivity index (χ2v) is 4.37. The molecule has 0 saturated carbocycles. The van der Waals surface area contributed by atoms with Crippen molar-refractivity contribution >= 4 is 5.69 Å². The average Bonchev–Trinajstić information content (AvgIpc) is 2.07. The summed E-state index contributed by atoms with van der Waals surface area (Å²) < 4.78 is 0. The van der Waals surface area contributed by atoms with Crippen molar-refractivity contribution < 1.29 is 0 Å². The second-order valence-electron chi connectivity index (χ2n) is 4.37. The SMILES string of the molecule is Cc1ccncc1N[C@H](C)CC(C)C. The lowest BCUT2D eigenvalue weighted by Crippen LogP contribution is -2.18. The molecule has 0 aliphatic carbocycles. The number of nitrogens with zero attached hydrogens (tertiary/aromatic N) is 1. The number of hydrogen-bond donors (Lipinski definition) is 1. The predicted octanol–water partition coefficient (Wildman–Crippen LogP) is 3.24. The number of hydrogen-bond acceptors (Lipinski definition) is 2. The molecule has 0 aromatic carbocycles. The molecule has 0 saturated heterocycles. The lowest BCUT2D eigenvalue weighted by atomic mass is 10.0. The smallest absolute Gasteiger partial charge is 0.0558 e. The molecule has 0 bridgehead atoms. The molecule has 1 heterocycles. The predicted molar refractivity (Wildman–Crippen MR) is 61.5 cm³/mol. The first-order valence-electron chi connectivity index (χ1n) is 5.26. The molecule has 1 aromatic rings. The van der Waals surface area contributed by atoms with Gasteiger partial charge in [-0.1, -0.05) is 13.8 Å².